The van der Waals surface area contributed by atoms with Crippen LogP contribution >= 0.6 is 0 Å². The molecule has 2 aromatic heterocycles. The molecule has 0 amide bonds. The number of benzene rings is 7. The summed E-state index contributed by atoms with van der Waals surface area (Å²) in [5, 5.41) is 0. The van der Waals surface area contributed by atoms with Gasteiger partial charge >= 0.3 is 0 Å². The van der Waals surface area contributed by atoms with E-state index >= 15 is 0 Å². The van der Waals surface area contributed by atoms with Crippen LogP contribution in [0.25, 0.3) is 24.3 Å². The third-order valence-electron chi connectivity index (χ3n) is 11.0. The van der Waals surface area contributed by atoms with Crippen molar-refractivity contribution in [2.24, 2.45) is 0 Å². The summed E-state index contributed by atoms with van der Waals surface area (Å²) in [6.07, 6.45) is 17.4. The fourth-order valence-electron chi connectivity index (χ4n) is 7.69. The Bertz CT molecular complexity index is 2560. The first kappa shape index (κ1) is 39.4. The van der Waals surface area contributed by atoms with Crippen LogP contribution < -0.4 is 18.9 Å². The molecule has 0 saturated heterocycles. The number of anilines is 6. The summed E-state index contributed by atoms with van der Waals surface area (Å²) in [5.74, 6) is 0. The first-order chi connectivity index (χ1) is 30.7. The van der Waals surface area contributed by atoms with E-state index in [9.17, 15) is 0 Å². The zero-order valence-corrected chi connectivity index (χ0v) is 34.6. The van der Waals surface area contributed by atoms with E-state index in [2.05, 4.69) is 286 Å². The van der Waals surface area contributed by atoms with Gasteiger partial charge < -0.3 is 9.80 Å². The summed E-state index contributed by atoms with van der Waals surface area (Å²) in [6, 6.07) is 76.9. The Morgan fingerprint density at radius 2 is 0.500 bits per heavy atom. The highest BCUT2D eigenvalue weighted by molar-refractivity contribution is 5.79. The molecular formula is C58H48N4+2. The molecule has 298 valence electrons. The monoisotopic (exact) mass is 800 g/mol. The molecule has 0 bridgehead atoms. The van der Waals surface area contributed by atoms with Gasteiger partial charge in [-0.1, -0.05) is 146 Å². The summed E-state index contributed by atoms with van der Waals surface area (Å²) in [6.45, 7) is 1.60. The average Bonchev–Trinajstić information content (AvgIpc) is 3.34. The van der Waals surface area contributed by atoms with Gasteiger partial charge in [0.15, 0.2) is 37.9 Å². The highest BCUT2D eigenvalue weighted by Gasteiger charge is 2.14. The number of aromatic nitrogens is 2. The van der Waals surface area contributed by atoms with E-state index in [1.807, 2.05) is 0 Å². The lowest BCUT2D eigenvalue weighted by atomic mass is 10.1. The Balaban J connectivity index is 0.813. The highest BCUT2D eigenvalue weighted by atomic mass is 15.1. The van der Waals surface area contributed by atoms with Gasteiger partial charge in [-0.05, 0) is 95.1 Å². The molecule has 0 unspecified atom stereocenters. The Morgan fingerprint density at radius 3 is 0.790 bits per heavy atom. The van der Waals surface area contributed by atoms with Gasteiger partial charge in [0.2, 0.25) is 0 Å². The van der Waals surface area contributed by atoms with E-state index in [0.717, 1.165) is 69.5 Å². The molecule has 4 nitrogen and oxygen atoms in total. The van der Waals surface area contributed by atoms with Gasteiger partial charge in [0, 0.05) is 69.5 Å². The maximum absolute atomic E-state index is 2.28. The van der Waals surface area contributed by atoms with Gasteiger partial charge in [0.05, 0.1) is 0 Å². The van der Waals surface area contributed by atoms with Gasteiger partial charge in [-0.2, -0.15) is 0 Å². The second kappa shape index (κ2) is 19.3. The summed E-state index contributed by atoms with van der Waals surface area (Å²) >= 11 is 0. The molecule has 0 saturated carbocycles. The third kappa shape index (κ3) is 9.85. The topological polar surface area (TPSA) is 14.2 Å². The molecule has 7 aromatic carbocycles. The molecule has 2 heterocycles. The van der Waals surface area contributed by atoms with Crippen LogP contribution in [0.5, 0.6) is 0 Å². The highest BCUT2D eigenvalue weighted by Crippen LogP contribution is 2.35. The van der Waals surface area contributed by atoms with E-state index in [1.165, 1.54) is 11.1 Å². The standard InChI is InChI=1S/C58H48N4/c1-5-17-53(18-6-1)61(54-19-7-2-8-20-54)57-33-29-47(30-34-57)25-27-49-37-41-59(42-38-49)45-51-15-13-14-16-52(51)46-60-43-39-50(40-44-60)28-26-48-31-35-58(36-32-48)62(55-21-9-3-10-22-55)56-23-11-4-12-24-56/h1-44H,45-46H2/q+2. The van der Waals surface area contributed by atoms with Crippen molar-refractivity contribution >= 4 is 58.4 Å². The largest absolute Gasteiger partial charge is 0.311 e. The van der Waals surface area contributed by atoms with Crippen LogP contribution in [0.1, 0.15) is 33.4 Å². The van der Waals surface area contributed by atoms with Crippen LogP contribution in [0.3, 0.4) is 0 Å². The van der Waals surface area contributed by atoms with E-state index in [1.54, 1.807) is 0 Å². The Kier molecular flexibility index (Phi) is 12.3. The van der Waals surface area contributed by atoms with Crippen molar-refractivity contribution in [2.75, 3.05) is 9.80 Å². The van der Waals surface area contributed by atoms with Crippen molar-refractivity contribution in [1.82, 2.24) is 0 Å². The minimum absolute atomic E-state index is 0.801. The molecule has 0 N–H and O–H groups in total. The fourth-order valence-corrected chi connectivity index (χ4v) is 7.69. The lowest BCUT2D eigenvalue weighted by Crippen LogP contribution is -2.36. The number of pyridine rings is 2. The molecule has 9 aromatic rings. The second-order valence-electron chi connectivity index (χ2n) is 15.2. The van der Waals surface area contributed by atoms with Crippen LogP contribution in [0.4, 0.5) is 34.1 Å². The predicted octanol–water partition coefficient (Wildman–Crippen LogP) is 13.6. The molecule has 0 spiro atoms. The minimum Gasteiger partial charge on any atom is -0.311 e. The van der Waals surface area contributed by atoms with Crippen molar-refractivity contribution in [3.05, 3.63) is 277 Å². The van der Waals surface area contributed by atoms with Crippen LogP contribution in [-0.2, 0) is 13.1 Å². The van der Waals surface area contributed by atoms with Gasteiger partial charge in [-0.15, -0.1) is 0 Å². The van der Waals surface area contributed by atoms with E-state index in [4.69, 9.17) is 0 Å². The zero-order valence-electron chi connectivity index (χ0n) is 34.6. The summed E-state index contributed by atoms with van der Waals surface area (Å²) in [4.78, 5) is 4.56. The number of para-hydroxylation sites is 4. The molecule has 9 rings (SSSR count). The summed E-state index contributed by atoms with van der Waals surface area (Å²) in [7, 11) is 0. The quantitative estimate of drug-likeness (QED) is 0.102. The Hall–Kier alpha value is -8.08. The molecule has 4 heteroatoms. The Labute approximate surface area is 365 Å². The smallest absolute Gasteiger partial charge is 0.174 e. The van der Waals surface area contributed by atoms with Crippen LogP contribution in [-0.4, -0.2) is 0 Å². The van der Waals surface area contributed by atoms with Crippen LogP contribution in [0.15, 0.2) is 243 Å². The Morgan fingerprint density at radius 1 is 0.258 bits per heavy atom. The van der Waals surface area contributed by atoms with Crippen LogP contribution in [0.2, 0.25) is 0 Å². The van der Waals surface area contributed by atoms with Crippen molar-refractivity contribution in [3.63, 3.8) is 0 Å². The molecule has 0 radical (unpaired) electrons. The van der Waals surface area contributed by atoms with Gasteiger partial charge in [-0.25, -0.2) is 9.13 Å². The molecule has 0 aliphatic heterocycles. The normalized spacial score (nSPS) is 11.2. The number of nitrogens with zero attached hydrogens (tertiary/aromatic N) is 4. The molecule has 0 fully saturated rings. The summed E-state index contributed by atoms with van der Waals surface area (Å²) < 4.78 is 4.50. The zero-order chi connectivity index (χ0) is 41.8. The minimum atomic E-state index is 0.801. The van der Waals surface area contributed by atoms with E-state index in [-0.39, 0.29) is 0 Å². The maximum Gasteiger partial charge on any atom is 0.174 e. The van der Waals surface area contributed by atoms with Crippen molar-refractivity contribution in [3.8, 4) is 0 Å². The molecule has 0 aliphatic carbocycles. The average molecular weight is 801 g/mol. The molecule has 62 heavy (non-hydrogen) atoms. The predicted molar refractivity (Wildman–Crippen MR) is 258 cm³/mol. The van der Waals surface area contributed by atoms with Gasteiger partial charge in [-0.3, -0.25) is 0 Å². The number of hydrogen-bond acceptors (Lipinski definition) is 2. The van der Waals surface area contributed by atoms with E-state index < -0.39 is 0 Å². The first-order valence-corrected chi connectivity index (χ1v) is 21.1. The molecular weight excluding hydrogens is 753 g/mol. The fraction of sp³-hybridized carbons (Fsp3) is 0.0345. The van der Waals surface area contributed by atoms with E-state index in [0.29, 0.717) is 0 Å². The molecule has 0 atom stereocenters. The second-order valence-corrected chi connectivity index (χ2v) is 15.2. The van der Waals surface area contributed by atoms with Gasteiger partial charge in [0.1, 0.15) is 0 Å². The lowest BCUT2D eigenvalue weighted by molar-refractivity contribution is -0.693. The lowest BCUT2D eigenvalue weighted by Gasteiger charge is -2.25. The maximum atomic E-state index is 2.28. The van der Waals surface area contributed by atoms with Crippen molar-refractivity contribution in [2.45, 2.75) is 13.1 Å². The van der Waals surface area contributed by atoms with Crippen molar-refractivity contribution in [1.29, 1.82) is 0 Å². The van der Waals surface area contributed by atoms with Gasteiger partial charge in [0.25, 0.3) is 0 Å². The van der Waals surface area contributed by atoms with Crippen LogP contribution in [0, 0.1) is 0 Å². The van der Waals surface area contributed by atoms with Crippen molar-refractivity contribution < 1.29 is 9.13 Å². The number of hydrogen-bond donors (Lipinski definition) is 0. The number of rotatable bonds is 14. The first-order valence-electron chi connectivity index (χ1n) is 21.1. The molecule has 0 aliphatic rings. The summed E-state index contributed by atoms with van der Waals surface area (Å²) in [5.41, 5.74) is 14.0. The SMILES string of the molecule is C(=C\c1cc[n+](Cc2ccccc2C[n+]2ccc(/C=C/c3ccc(N(c4ccccc4)c4ccccc4)cc3)cc2)cc1)/c1ccc(N(c2ccccc2)c2ccccc2)cc1. The third-order valence-corrected chi connectivity index (χ3v) is 11.0.